The van der Waals surface area contributed by atoms with Crippen LogP contribution in [0.15, 0.2) is 18.2 Å². The minimum Gasteiger partial charge on any atom is -0.433 e. The van der Waals surface area contributed by atoms with E-state index in [4.69, 9.17) is 11.6 Å². The predicted octanol–water partition coefficient (Wildman–Crippen LogP) is 4.90. The lowest BCUT2D eigenvalue weighted by Gasteiger charge is -2.13. The molecule has 146 valence electrons. The fourth-order valence-electron chi connectivity index (χ4n) is 2.75. The molecular weight excluding hydrogens is 390 g/mol. The van der Waals surface area contributed by atoms with Crippen LogP contribution in [-0.4, -0.2) is 22.3 Å². The molecule has 1 saturated carbocycles. The van der Waals surface area contributed by atoms with E-state index >= 15 is 0 Å². The fraction of sp³-hybridized carbons (Fsp3) is 0.412. The van der Waals surface area contributed by atoms with Crippen LogP contribution in [0.5, 0.6) is 5.75 Å². The first-order valence-corrected chi connectivity index (χ1v) is 8.53. The second-order valence-corrected chi connectivity index (χ2v) is 6.62. The van der Waals surface area contributed by atoms with Crippen molar-refractivity contribution in [3.63, 3.8) is 0 Å². The van der Waals surface area contributed by atoms with Crippen molar-refractivity contribution < 1.29 is 27.1 Å². The van der Waals surface area contributed by atoms with Gasteiger partial charge in [0.05, 0.1) is 16.4 Å². The number of carbonyl (C=O) groups is 1. The van der Waals surface area contributed by atoms with Gasteiger partial charge in [-0.25, -0.2) is 8.78 Å². The number of amides is 1. The van der Waals surface area contributed by atoms with E-state index in [1.54, 1.807) is 13.0 Å². The largest absolute Gasteiger partial charge is 0.433 e. The number of nitrogens with one attached hydrogen (secondary N) is 1. The van der Waals surface area contributed by atoms with Crippen molar-refractivity contribution in [1.82, 2.24) is 9.78 Å². The fourth-order valence-corrected chi connectivity index (χ4v) is 3.12. The van der Waals surface area contributed by atoms with Gasteiger partial charge in [-0.1, -0.05) is 17.7 Å². The number of alkyl halides is 4. The van der Waals surface area contributed by atoms with Gasteiger partial charge in [-0.3, -0.25) is 9.48 Å². The Hall–Kier alpha value is -2.29. The van der Waals surface area contributed by atoms with E-state index in [-0.39, 0.29) is 28.9 Å². The summed E-state index contributed by atoms with van der Waals surface area (Å²) >= 11 is 6.01. The highest BCUT2D eigenvalue weighted by molar-refractivity contribution is 6.32. The smallest absolute Gasteiger partial charge is 0.387 e. The van der Waals surface area contributed by atoms with Crippen LogP contribution in [0.1, 0.15) is 42.1 Å². The van der Waals surface area contributed by atoms with Gasteiger partial charge >= 0.3 is 6.61 Å². The van der Waals surface area contributed by atoms with Gasteiger partial charge < -0.3 is 10.1 Å². The molecule has 1 fully saturated rings. The molecule has 1 aromatic heterocycles. The minimum absolute atomic E-state index is 0.0120. The number of hydrogen-bond acceptors (Lipinski definition) is 3. The molecule has 0 spiro atoms. The van der Waals surface area contributed by atoms with E-state index in [2.05, 4.69) is 15.2 Å². The van der Waals surface area contributed by atoms with Crippen molar-refractivity contribution in [2.75, 3.05) is 5.32 Å². The van der Waals surface area contributed by atoms with Crippen LogP contribution in [0.25, 0.3) is 0 Å². The Kier molecular flexibility index (Phi) is 5.59. The number of anilines is 1. The topological polar surface area (TPSA) is 56.1 Å². The minimum atomic E-state index is -3.05. The molecule has 1 heterocycles. The summed E-state index contributed by atoms with van der Waals surface area (Å²) in [7, 11) is 0. The zero-order valence-corrected chi connectivity index (χ0v) is 14.9. The van der Waals surface area contributed by atoms with Crippen LogP contribution < -0.4 is 10.1 Å². The molecule has 2 aromatic rings. The molecule has 1 amide bonds. The van der Waals surface area contributed by atoms with Crippen LogP contribution >= 0.6 is 11.6 Å². The van der Waals surface area contributed by atoms with Crippen molar-refractivity contribution >= 4 is 23.2 Å². The Morgan fingerprint density at radius 3 is 2.67 bits per heavy atom. The van der Waals surface area contributed by atoms with Crippen molar-refractivity contribution in [2.45, 2.75) is 45.3 Å². The number of nitrogens with zero attached hydrogens (tertiary/aromatic N) is 2. The van der Waals surface area contributed by atoms with Crippen LogP contribution in [0.2, 0.25) is 5.02 Å². The number of halogens is 5. The number of aromatic nitrogens is 2. The quantitative estimate of drug-likeness (QED) is 0.666. The Labute approximate surface area is 157 Å². The summed E-state index contributed by atoms with van der Waals surface area (Å²) in [6.45, 7) is -1.71. The first kappa shape index (κ1) is 19.5. The summed E-state index contributed by atoms with van der Waals surface area (Å²) in [5.74, 6) is -0.832. The molecule has 1 aromatic carbocycles. The number of benzene rings is 1. The maximum atomic E-state index is 13.1. The van der Waals surface area contributed by atoms with Gasteiger partial charge in [0.25, 0.3) is 6.43 Å². The van der Waals surface area contributed by atoms with E-state index in [9.17, 15) is 22.4 Å². The highest BCUT2D eigenvalue weighted by Crippen LogP contribution is 2.45. The highest BCUT2D eigenvalue weighted by Gasteiger charge is 2.34. The SMILES string of the molecule is Cc1ccc(OC(F)F)c(NC(=O)Cn2nc(C(F)F)c(Cl)c2C2CC2)c1. The molecule has 1 aliphatic carbocycles. The average Bonchev–Trinajstić information content (AvgIpc) is 3.34. The molecule has 3 rings (SSSR count). The zero-order chi connectivity index (χ0) is 19.7. The Bertz CT molecular complexity index is 853. The first-order chi connectivity index (χ1) is 12.8. The van der Waals surface area contributed by atoms with Crippen LogP contribution in [0, 0.1) is 6.92 Å². The van der Waals surface area contributed by atoms with Crippen molar-refractivity contribution in [2.24, 2.45) is 0 Å². The maximum Gasteiger partial charge on any atom is 0.387 e. The van der Waals surface area contributed by atoms with Crippen molar-refractivity contribution in [3.05, 3.63) is 40.2 Å². The lowest BCUT2D eigenvalue weighted by molar-refractivity contribution is -0.117. The average molecular weight is 406 g/mol. The van der Waals surface area contributed by atoms with Gasteiger partial charge in [0.1, 0.15) is 18.0 Å². The van der Waals surface area contributed by atoms with Crippen molar-refractivity contribution in [1.29, 1.82) is 0 Å². The summed E-state index contributed by atoms with van der Waals surface area (Å²) < 4.78 is 56.7. The number of ether oxygens (including phenoxy) is 1. The summed E-state index contributed by atoms with van der Waals surface area (Å²) in [5, 5.41) is 6.10. The third-order valence-electron chi connectivity index (χ3n) is 4.05. The summed E-state index contributed by atoms with van der Waals surface area (Å²) in [4.78, 5) is 12.4. The molecule has 0 saturated heterocycles. The lowest BCUT2D eigenvalue weighted by Crippen LogP contribution is -2.21. The molecule has 0 bridgehead atoms. The molecule has 27 heavy (non-hydrogen) atoms. The van der Waals surface area contributed by atoms with Crippen LogP contribution in [-0.2, 0) is 11.3 Å². The Balaban J connectivity index is 1.81. The second-order valence-electron chi connectivity index (χ2n) is 6.24. The van der Waals surface area contributed by atoms with Crippen molar-refractivity contribution in [3.8, 4) is 5.75 Å². The number of aryl methyl sites for hydroxylation is 1. The highest BCUT2D eigenvalue weighted by atomic mass is 35.5. The van der Waals surface area contributed by atoms with Gasteiger partial charge in [0.2, 0.25) is 5.91 Å². The van der Waals surface area contributed by atoms with E-state index in [1.807, 2.05) is 0 Å². The predicted molar refractivity (Wildman–Crippen MR) is 90.6 cm³/mol. The van der Waals surface area contributed by atoms with E-state index in [0.29, 0.717) is 11.3 Å². The molecular formula is C17H16ClF4N3O2. The van der Waals surface area contributed by atoms with Crippen LogP contribution in [0.4, 0.5) is 23.2 Å². The normalized spacial score (nSPS) is 14.1. The summed E-state index contributed by atoms with van der Waals surface area (Å²) in [6, 6.07) is 4.34. The van der Waals surface area contributed by atoms with Gasteiger partial charge in [-0.15, -0.1) is 0 Å². The van der Waals surface area contributed by atoms with Gasteiger partial charge in [0, 0.05) is 5.92 Å². The number of rotatable bonds is 7. The molecule has 1 N–H and O–H groups in total. The van der Waals surface area contributed by atoms with E-state index in [0.717, 1.165) is 17.5 Å². The first-order valence-electron chi connectivity index (χ1n) is 8.15. The Morgan fingerprint density at radius 1 is 1.37 bits per heavy atom. The van der Waals surface area contributed by atoms with Gasteiger partial charge in [-0.05, 0) is 37.5 Å². The molecule has 0 unspecified atom stereocenters. The standard InChI is InChI=1S/C17H16ClF4N3O2/c1-8-2-5-11(27-17(21)22)10(6-8)23-12(26)7-25-15(9-3-4-9)13(18)14(24-25)16(19)20/h2,5-6,9,16-17H,3-4,7H2,1H3,(H,23,26). The Morgan fingerprint density at radius 2 is 2.07 bits per heavy atom. The number of hydrogen-bond donors (Lipinski definition) is 1. The third kappa shape index (κ3) is 4.52. The number of carbonyl (C=O) groups excluding carboxylic acids is 1. The molecule has 0 atom stereocenters. The summed E-state index contributed by atoms with van der Waals surface area (Å²) in [6.07, 6.45) is -1.30. The second kappa shape index (κ2) is 7.75. The van der Waals surface area contributed by atoms with Crippen LogP contribution in [0.3, 0.4) is 0 Å². The monoisotopic (exact) mass is 405 g/mol. The van der Waals surface area contributed by atoms with Gasteiger partial charge in [-0.2, -0.15) is 13.9 Å². The molecule has 0 aliphatic heterocycles. The van der Waals surface area contributed by atoms with E-state index < -0.39 is 24.6 Å². The third-order valence-corrected chi connectivity index (χ3v) is 4.43. The maximum absolute atomic E-state index is 13.1. The van der Waals surface area contributed by atoms with Gasteiger partial charge in [0.15, 0.2) is 0 Å². The molecule has 0 radical (unpaired) electrons. The van der Waals surface area contributed by atoms with E-state index in [1.165, 1.54) is 12.1 Å². The summed E-state index contributed by atoms with van der Waals surface area (Å²) in [5.41, 5.74) is 0.604. The lowest BCUT2D eigenvalue weighted by atomic mass is 10.2. The zero-order valence-electron chi connectivity index (χ0n) is 14.2. The molecule has 10 heteroatoms. The molecule has 1 aliphatic rings. The molecule has 5 nitrogen and oxygen atoms in total.